The van der Waals surface area contributed by atoms with Gasteiger partial charge in [-0.05, 0) is 31.2 Å². The SMILES string of the molecule is COC1C[C@@H](OS(=O)(=O)c2ccc(C)cc2)[C@@H](COC(=O)c2ccccc2)O1. The van der Waals surface area contributed by atoms with Crippen LogP contribution in [0.5, 0.6) is 0 Å². The van der Waals surface area contributed by atoms with Gasteiger partial charge in [-0.25, -0.2) is 4.79 Å². The Balaban J connectivity index is 1.68. The third-order valence-electron chi connectivity index (χ3n) is 4.38. The quantitative estimate of drug-likeness (QED) is 0.516. The van der Waals surface area contributed by atoms with Crippen molar-refractivity contribution >= 4 is 16.1 Å². The Morgan fingerprint density at radius 1 is 1.11 bits per heavy atom. The second-order valence-electron chi connectivity index (χ2n) is 6.44. The van der Waals surface area contributed by atoms with Crippen molar-refractivity contribution in [1.82, 2.24) is 0 Å². The van der Waals surface area contributed by atoms with E-state index in [2.05, 4.69) is 0 Å². The Morgan fingerprint density at radius 3 is 2.43 bits per heavy atom. The highest BCUT2D eigenvalue weighted by atomic mass is 32.2. The van der Waals surface area contributed by atoms with E-state index in [1.54, 1.807) is 42.5 Å². The summed E-state index contributed by atoms with van der Waals surface area (Å²) >= 11 is 0. The van der Waals surface area contributed by atoms with Gasteiger partial charge in [-0.15, -0.1) is 0 Å². The Kier molecular flexibility index (Phi) is 6.46. The Hall–Kier alpha value is -2.26. The van der Waals surface area contributed by atoms with Crippen LogP contribution in [-0.4, -0.2) is 46.6 Å². The Bertz CT molecular complexity index is 894. The first-order valence-electron chi connectivity index (χ1n) is 8.79. The predicted molar refractivity (Wildman–Crippen MR) is 100 cm³/mol. The highest BCUT2D eigenvalue weighted by Gasteiger charge is 2.40. The summed E-state index contributed by atoms with van der Waals surface area (Å²) < 4.78 is 46.6. The smallest absolute Gasteiger partial charge is 0.338 e. The lowest BCUT2D eigenvalue weighted by Crippen LogP contribution is -2.32. The highest BCUT2D eigenvalue weighted by Crippen LogP contribution is 2.28. The second-order valence-corrected chi connectivity index (χ2v) is 8.01. The van der Waals surface area contributed by atoms with Crippen LogP contribution < -0.4 is 0 Å². The van der Waals surface area contributed by atoms with Gasteiger partial charge in [0, 0.05) is 13.5 Å². The van der Waals surface area contributed by atoms with E-state index in [0.717, 1.165) is 5.56 Å². The molecule has 1 unspecified atom stereocenters. The number of rotatable bonds is 7. The molecular weight excluding hydrogens is 384 g/mol. The minimum absolute atomic E-state index is 0.0546. The molecule has 3 rings (SSSR count). The second kappa shape index (κ2) is 8.83. The average molecular weight is 406 g/mol. The van der Waals surface area contributed by atoms with Crippen LogP contribution in [0.2, 0.25) is 0 Å². The van der Waals surface area contributed by atoms with Crippen molar-refractivity contribution in [2.75, 3.05) is 13.7 Å². The molecule has 0 radical (unpaired) electrons. The normalized spacial score (nSPS) is 22.1. The molecule has 0 amide bonds. The summed E-state index contributed by atoms with van der Waals surface area (Å²) in [6.45, 7) is 1.71. The van der Waals surface area contributed by atoms with E-state index >= 15 is 0 Å². The van der Waals surface area contributed by atoms with E-state index < -0.39 is 34.6 Å². The molecule has 0 saturated carbocycles. The monoisotopic (exact) mass is 406 g/mol. The van der Waals surface area contributed by atoms with Gasteiger partial charge < -0.3 is 14.2 Å². The average Bonchev–Trinajstić information content (AvgIpc) is 3.08. The fourth-order valence-electron chi connectivity index (χ4n) is 2.82. The van der Waals surface area contributed by atoms with Crippen molar-refractivity contribution in [2.45, 2.75) is 36.7 Å². The number of carbonyl (C=O) groups excluding carboxylic acids is 1. The largest absolute Gasteiger partial charge is 0.459 e. The predicted octanol–water partition coefficient (Wildman–Crippen LogP) is 2.69. The van der Waals surface area contributed by atoms with Gasteiger partial charge in [-0.1, -0.05) is 35.9 Å². The van der Waals surface area contributed by atoms with E-state index in [1.165, 1.54) is 19.2 Å². The van der Waals surface area contributed by atoms with E-state index in [0.29, 0.717) is 5.56 Å². The molecule has 150 valence electrons. The first-order chi connectivity index (χ1) is 13.4. The third-order valence-corrected chi connectivity index (χ3v) is 5.73. The Labute approximate surface area is 164 Å². The van der Waals surface area contributed by atoms with Gasteiger partial charge in [0.2, 0.25) is 0 Å². The summed E-state index contributed by atoms with van der Waals surface area (Å²) in [6, 6.07) is 14.9. The molecule has 0 aliphatic carbocycles. The zero-order valence-electron chi connectivity index (χ0n) is 15.6. The Morgan fingerprint density at radius 2 is 1.79 bits per heavy atom. The number of benzene rings is 2. The van der Waals surface area contributed by atoms with Gasteiger partial charge in [-0.2, -0.15) is 8.42 Å². The molecule has 1 saturated heterocycles. The van der Waals surface area contributed by atoms with Crippen LogP contribution in [0.15, 0.2) is 59.5 Å². The first-order valence-corrected chi connectivity index (χ1v) is 10.2. The van der Waals surface area contributed by atoms with Crippen LogP contribution in [0.1, 0.15) is 22.3 Å². The van der Waals surface area contributed by atoms with Crippen LogP contribution >= 0.6 is 0 Å². The van der Waals surface area contributed by atoms with E-state index in [4.69, 9.17) is 18.4 Å². The molecule has 2 aromatic carbocycles. The maximum absolute atomic E-state index is 12.6. The molecule has 1 aliphatic heterocycles. The van der Waals surface area contributed by atoms with E-state index in [1.807, 2.05) is 6.92 Å². The number of methoxy groups -OCH3 is 1. The molecular formula is C20H22O7S. The lowest BCUT2D eigenvalue weighted by atomic mass is 10.2. The minimum atomic E-state index is -3.99. The first kappa shape index (κ1) is 20.5. The van der Waals surface area contributed by atoms with Gasteiger partial charge in [0.15, 0.2) is 6.29 Å². The minimum Gasteiger partial charge on any atom is -0.459 e. The number of ether oxygens (including phenoxy) is 3. The standard InChI is InChI=1S/C20H22O7S/c1-14-8-10-16(11-9-14)28(22,23)27-17-12-19(24-2)26-18(17)13-25-20(21)15-6-4-3-5-7-15/h3-11,17-19H,12-13H2,1-2H3/t17-,18-,19?/m1/s1. The summed E-state index contributed by atoms with van der Waals surface area (Å²) in [5, 5.41) is 0. The maximum atomic E-state index is 12.6. The summed E-state index contributed by atoms with van der Waals surface area (Å²) in [7, 11) is -2.54. The number of hydrogen-bond donors (Lipinski definition) is 0. The molecule has 0 spiro atoms. The number of hydrogen-bond acceptors (Lipinski definition) is 7. The van der Waals surface area contributed by atoms with Gasteiger partial charge in [0.1, 0.15) is 18.8 Å². The molecule has 7 nitrogen and oxygen atoms in total. The molecule has 8 heteroatoms. The van der Waals surface area contributed by atoms with Crippen molar-refractivity contribution < 1.29 is 31.6 Å². The van der Waals surface area contributed by atoms with Crippen molar-refractivity contribution in [2.24, 2.45) is 0 Å². The fraction of sp³-hybridized carbons (Fsp3) is 0.350. The van der Waals surface area contributed by atoms with Gasteiger partial charge >= 0.3 is 5.97 Å². The van der Waals surface area contributed by atoms with Gasteiger partial charge in [0.05, 0.1) is 10.5 Å². The molecule has 1 aliphatic rings. The summed E-state index contributed by atoms with van der Waals surface area (Å²) in [5.41, 5.74) is 1.34. The van der Waals surface area contributed by atoms with Crippen molar-refractivity contribution in [3.05, 3.63) is 65.7 Å². The van der Waals surface area contributed by atoms with Crippen molar-refractivity contribution in [1.29, 1.82) is 0 Å². The van der Waals surface area contributed by atoms with Gasteiger partial charge in [-0.3, -0.25) is 4.18 Å². The molecule has 0 aromatic heterocycles. The zero-order chi connectivity index (χ0) is 20.1. The highest BCUT2D eigenvalue weighted by molar-refractivity contribution is 7.86. The molecule has 3 atom stereocenters. The fourth-order valence-corrected chi connectivity index (χ4v) is 3.93. The number of carbonyl (C=O) groups is 1. The van der Waals surface area contributed by atoms with E-state index in [9.17, 15) is 13.2 Å². The molecule has 28 heavy (non-hydrogen) atoms. The molecule has 2 aromatic rings. The van der Waals surface area contributed by atoms with Crippen LogP contribution in [0.3, 0.4) is 0 Å². The maximum Gasteiger partial charge on any atom is 0.338 e. The zero-order valence-corrected chi connectivity index (χ0v) is 16.4. The van der Waals surface area contributed by atoms with Crippen molar-refractivity contribution in [3.8, 4) is 0 Å². The summed E-state index contributed by atoms with van der Waals surface area (Å²) in [4.78, 5) is 12.2. The van der Waals surface area contributed by atoms with Crippen molar-refractivity contribution in [3.63, 3.8) is 0 Å². The molecule has 0 N–H and O–H groups in total. The molecule has 0 bridgehead atoms. The molecule has 1 heterocycles. The van der Waals surface area contributed by atoms with Crippen LogP contribution in [-0.2, 0) is 28.5 Å². The summed E-state index contributed by atoms with van der Waals surface area (Å²) in [6.07, 6.45) is -2.04. The summed E-state index contributed by atoms with van der Waals surface area (Å²) in [5.74, 6) is -0.523. The number of esters is 1. The third kappa shape index (κ3) is 4.96. The van der Waals surface area contributed by atoms with E-state index in [-0.39, 0.29) is 17.9 Å². The topological polar surface area (TPSA) is 88.1 Å². The lowest BCUT2D eigenvalue weighted by Gasteiger charge is -2.18. The van der Waals surface area contributed by atoms with Crippen LogP contribution in [0.25, 0.3) is 0 Å². The lowest BCUT2D eigenvalue weighted by molar-refractivity contribution is -0.127. The van der Waals surface area contributed by atoms with Crippen LogP contribution in [0, 0.1) is 6.92 Å². The van der Waals surface area contributed by atoms with Crippen LogP contribution in [0.4, 0.5) is 0 Å². The molecule has 1 fully saturated rings. The van der Waals surface area contributed by atoms with Gasteiger partial charge in [0.25, 0.3) is 10.1 Å². The number of aryl methyl sites for hydroxylation is 1.